The Balaban J connectivity index is 2.09. The number of para-hydroxylation sites is 1. The van der Waals surface area contributed by atoms with Gasteiger partial charge in [-0.15, -0.1) is 22.9 Å². The van der Waals surface area contributed by atoms with Crippen molar-refractivity contribution in [1.29, 1.82) is 0 Å². The molecule has 0 fully saturated rings. The van der Waals surface area contributed by atoms with Gasteiger partial charge in [-0.05, 0) is 26.0 Å². The van der Waals surface area contributed by atoms with Crippen LogP contribution in [0.5, 0.6) is 5.75 Å². The molecule has 4 nitrogen and oxygen atoms in total. The topological polar surface area (TPSA) is 39.9 Å². The van der Waals surface area contributed by atoms with Gasteiger partial charge in [0.25, 0.3) is 0 Å². The van der Waals surface area contributed by atoms with Crippen molar-refractivity contribution in [2.45, 2.75) is 26.3 Å². The fourth-order valence-electron chi connectivity index (χ4n) is 2.35. The first-order valence-electron chi connectivity index (χ1n) is 6.81. The van der Waals surface area contributed by atoms with Gasteiger partial charge in [0.15, 0.2) is 0 Å². The lowest BCUT2D eigenvalue weighted by Gasteiger charge is -2.06. The van der Waals surface area contributed by atoms with Crippen LogP contribution < -0.4 is 4.74 Å². The van der Waals surface area contributed by atoms with E-state index in [0.29, 0.717) is 12.5 Å². The zero-order valence-electron chi connectivity index (χ0n) is 12.0. The summed E-state index contributed by atoms with van der Waals surface area (Å²) in [4.78, 5) is 10.1. The molecule has 3 aromatic rings. The van der Waals surface area contributed by atoms with E-state index in [2.05, 4.69) is 20.6 Å². The van der Waals surface area contributed by atoms with Gasteiger partial charge < -0.3 is 9.30 Å². The predicted molar refractivity (Wildman–Crippen MR) is 86.4 cm³/mol. The first kappa shape index (κ1) is 14.4. The van der Waals surface area contributed by atoms with Gasteiger partial charge in [-0.2, -0.15) is 0 Å². The maximum atomic E-state index is 6.07. The van der Waals surface area contributed by atoms with Gasteiger partial charge in [-0.1, -0.05) is 6.07 Å². The van der Waals surface area contributed by atoms with Crippen LogP contribution in [0, 0.1) is 6.92 Å². The van der Waals surface area contributed by atoms with Crippen LogP contribution in [0.4, 0.5) is 0 Å². The molecule has 110 valence electrons. The minimum Gasteiger partial charge on any atom is -0.492 e. The third-order valence-electron chi connectivity index (χ3n) is 3.22. The number of imidazole rings is 1. The Hall–Kier alpha value is -1.59. The van der Waals surface area contributed by atoms with Crippen LogP contribution in [0.15, 0.2) is 24.4 Å². The summed E-state index contributed by atoms with van der Waals surface area (Å²) >= 11 is 7.76. The fourth-order valence-corrected chi connectivity index (χ4v) is 3.34. The van der Waals surface area contributed by atoms with Crippen molar-refractivity contribution in [2.75, 3.05) is 6.61 Å². The molecule has 0 aliphatic carbocycles. The van der Waals surface area contributed by atoms with Crippen molar-refractivity contribution < 1.29 is 4.74 Å². The molecular weight excluding hydrogens is 306 g/mol. The van der Waals surface area contributed by atoms with Crippen molar-refractivity contribution in [2.24, 2.45) is 0 Å². The fraction of sp³-hybridized carbons (Fsp3) is 0.333. The summed E-state index contributed by atoms with van der Waals surface area (Å²) in [6.45, 7) is 5.34. The second-order valence-corrected chi connectivity index (χ2v) is 6.24. The normalized spacial score (nSPS) is 11.2. The second kappa shape index (κ2) is 6.03. The highest BCUT2D eigenvalue weighted by Gasteiger charge is 2.14. The molecular formula is C15H16ClN3OS. The predicted octanol–water partition coefficient (Wildman–Crippen LogP) is 3.99. The van der Waals surface area contributed by atoms with Crippen molar-refractivity contribution >= 4 is 34.0 Å². The van der Waals surface area contributed by atoms with Gasteiger partial charge in [-0.25, -0.2) is 9.97 Å². The van der Waals surface area contributed by atoms with E-state index in [4.69, 9.17) is 16.3 Å². The van der Waals surface area contributed by atoms with E-state index < -0.39 is 0 Å². The van der Waals surface area contributed by atoms with E-state index >= 15 is 0 Å². The van der Waals surface area contributed by atoms with Gasteiger partial charge in [0.2, 0.25) is 0 Å². The lowest BCUT2D eigenvalue weighted by molar-refractivity contribution is 0.343. The summed E-state index contributed by atoms with van der Waals surface area (Å²) in [7, 11) is 0. The summed E-state index contributed by atoms with van der Waals surface area (Å²) in [5.74, 6) is 2.03. The largest absolute Gasteiger partial charge is 0.492 e. The number of alkyl halides is 1. The van der Waals surface area contributed by atoms with Crippen molar-refractivity contribution in [1.82, 2.24) is 14.5 Å². The summed E-state index contributed by atoms with van der Waals surface area (Å²) < 4.78 is 7.79. The van der Waals surface area contributed by atoms with Crippen LogP contribution >= 0.6 is 22.9 Å². The molecule has 1 aromatic carbocycles. The maximum Gasteiger partial charge on any atom is 0.147 e. The average Bonchev–Trinajstić information content (AvgIpc) is 3.05. The molecule has 0 unspecified atom stereocenters. The second-order valence-electron chi connectivity index (χ2n) is 4.65. The molecule has 0 N–H and O–H groups in total. The van der Waals surface area contributed by atoms with Gasteiger partial charge >= 0.3 is 0 Å². The lowest BCUT2D eigenvalue weighted by atomic mass is 10.3. The van der Waals surface area contributed by atoms with E-state index in [0.717, 1.165) is 34.2 Å². The number of hydrogen-bond acceptors (Lipinski definition) is 4. The Labute approximate surface area is 132 Å². The molecule has 0 amide bonds. The van der Waals surface area contributed by atoms with Crippen molar-refractivity contribution in [3.63, 3.8) is 0 Å². The molecule has 0 aliphatic heterocycles. The quantitative estimate of drug-likeness (QED) is 0.667. The molecule has 21 heavy (non-hydrogen) atoms. The molecule has 6 heteroatoms. The van der Waals surface area contributed by atoms with Gasteiger partial charge in [0, 0.05) is 11.1 Å². The van der Waals surface area contributed by atoms with Crippen LogP contribution in [0.1, 0.15) is 22.6 Å². The minimum absolute atomic E-state index is 0.373. The summed E-state index contributed by atoms with van der Waals surface area (Å²) in [5, 5.41) is 1.07. The zero-order valence-corrected chi connectivity index (χ0v) is 13.5. The lowest BCUT2D eigenvalue weighted by Crippen LogP contribution is -2.02. The molecule has 2 heterocycles. The number of benzene rings is 1. The van der Waals surface area contributed by atoms with E-state index in [9.17, 15) is 0 Å². The van der Waals surface area contributed by atoms with Crippen LogP contribution in [0.3, 0.4) is 0 Å². The van der Waals surface area contributed by atoms with E-state index in [1.54, 1.807) is 11.3 Å². The Morgan fingerprint density at radius 3 is 2.90 bits per heavy atom. The van der Waals surface area contributed by atoms with Crippen molar-refractivity contribution in [3.8, 4) is 5.75 Å². The Kier molecular flexibility index (Phi) is 4.12. The van der Waals surface area contributed by atoms with Crippen molar-refractivity contribution in [3.05, 3.63) is 40.1 Å². The van der Waals surface area contributed by atoms with Gasteiger partial charge in [0.05, 0.1) is 29.6 Å². The maximum absolute atomic E-state index is 6.07. The third-order valence-corrected chi connectivity index (χ3v) is 4.36. The van der Waals surface area contributed by atoms with E-state index in [1.165, 1.54) is 4.88 Å². The number of rotatable bonds is 5. The highest BCUT2D eigenvalue weighted by atomic mass is 35.5. The van der Waals surface area contributed by atoms with Gasteiger partial charge in [-0.3, -0.25) is 0 Å². The number of aryl methyl sites for hydroxylation is 1. The van der Waals surface area contributed by atoms with Crippen LogP contribution in [0.2, 0.25) is 0 Å². The average molecular weight is 322 g/mol. The van der Waals surface area contributed by atoms with E-state index in [1.807, 2.05) is 32.2 Å². The third kappa shape index (κ3) is 2.76. The first-order chi connectivity index (χ1) is 10.2. The number of halogens is 1. The molecule has 0 atom stereocenters. The SMILES string of the molecule is CCOc1cccc2c1nc(CCl)n2Cc1cnc(C)s1. The molecule has 0 aliphatic rings. The molecule has 0 bridgehead atoms. The first-order valence-corrected chi connectivity index (χ1v) is 8.16. The minimum atomic E-state index is 0.373. The number of aromatic nitrogens is 3. The standard InChI is InChI=1S/C15H16ClN3OS/c1-3-20-13-6-4-5-12-15(13)18-14(7-16)19(12)9-11-8-17-10(2)21-11/h4-6,8H,3,7,9H2,1-2H3. The molecule has 0 radical (unpaired) electrons. The smallest absolute Gasteiger partial charge is 0.147 e. The van der Waals surface area contributed by atoms with Gasteiger partial charge in [0.1, 0.15) is 17.1 Å². The Morgan fingerprint density at radius 2 is 2.24 bits per heavy atom. The number of fused-ring (bicyclic) bond motifs is 1. The molecule has 0 saturated carbocycles. The monoisotopic (exact) mass is 321 g/mol. The molecule has 0 spiro atoms. The summed E-state index contributed by atoms with van der Waals surface area (Å²) in [6.07, 6.45) is 1.91. The highest BCUT2D eigenvalue weighted by molar-refractivity contribution is 7.11. The number of thiazole rings is 1. The van der Waals surface area contributed by atoms with E-state index in [-0.39, 0.29) is 0 Å². The highest BCUT2D eigenvalue weighted by Crippen LogP contribution is 2.28. The molecule has 0 saturated heterocycles. The number of nitrogens with zero attached hydrogens (tertiary/aromatic N) is 3. The Bertz CT molecular complexity index is 765. The summed E-state index contributed by atoms with van der Waals surface area (Å²) in [6, 6.07) is 5.98. The van der Waals surface area contributed by atoms with Crippen LogP contribution in [-0.4, -0.2) is 21.1 Å². The molecule has 2 aromatic heterocycles. The van der Waals surface area contributed by atoms with Crippen LogP contribution in [-0.2, 0) is 12.4 Å². The Morgan fingerprint density at radius 1 is 1.38 bits per heavy atom. The molecule has 3 rings (SSSR count). The summed E-state index contributed by atoms with van der Waals surface area (Å²) in [5.41, 5.74) is 1.92. The number of hydrogen-bond donors (Lipinski definition) is 0. The zero-order chi connectivity index (χ0) is 14.8. The van der Waals surface area contributed by atoms with Crippen LogP contribution in [0.25, 0.3) is 11.0 Å². The number of ether oxygens (including phenoxy) is 1.